The summed E-state index contributed by atoms with van der Waals surface area (Å²) >= 11 is 0. The minimum Gasteiger partial charge on any atom is -0.459 e. The minimum absolute atomic E-state index is 0.0717. The predicted octanol–water partition coefficient (Wildman–Crippen LogP) is 5.63. The highest BCUT2D eigenvalue weighted by atomic mass is 16.7. The Kier molecular flexibility index (Phi) is 13.0. The molecule has 50 heavy (non-hydrogen) atoms. The maximum atomic E-state index is 13.6. The van der Waals surface area contributed by atoms with Crippen LogP contribution in [0.3, 0.4) is 0 Å². The molecule has 0 saturated carbocycles. The number of unbranched alkanes of at least 4 members (excludes halogenated alkanes) is 2. The Morgan fingerprint density at radius 2 is 0.960 bits per heavy atom. The minimum atomic E-state index is -1.50. The molecule has 0 aliphatic carbocycles. The smallest absolute Gasteiger partial charge is 0.338 e. The number of benzene rings is 4. The van der Waals surface area contributed by atoms with E-state index >= 15 is 0 Å². The maximum absolute atomic E-state index is 13.6. The van der Waals surface area contributed by atoms with E-state index in [9.17, 15) is 24.0 Å². The van der Waals surface area contributed by atoms with Gasteiger partial charge in [-0.15, -0.1) is 0 Å². The largest absolute Gasteiger partial charge is 0.459 e. The van der Waals surface area contributed by atoms with Crippen molar-refractivity contribution < 1.29 is 52.4 Å². The summed E-state index contributed by atoms with van der Waals surface area (Å²) in [6.45, 7) is -0.382. The van der Waals surface area contributed by atoms with Crippen molar-refractivity contribution in [3.8, 4) is 0 Å². The molecule has 1 saturated heterocycles. The lowest BCUT2D eigenvalue weighted by molar-refractivity contribution is -0.298. The van der Waals surface area contributed by atoms with Crippen LogP contribution in [0.1, 0.15) is 60.7 Å². The van der Waals surface area contributed by atoms with E-state index in [1.165, 1.54) is 12.1 Å². The monoisotopic (exact) mass is 680 g/mol. The van der Waals surface area contributed by atoms with Gasteiger partial charge < -0.3 is 33.2 Å². The summed E-state index contributed by atoms with van der Waals surface area (Å²) in [5, 5.41) is 0. The zero-order chi connectivity index (χ0) is 35.1. The van der Waals surface area contributed by atoms with Crippen LogP contribution in [0.2, 0.25) is 0 Å². The first-order chi connectivity index (χ1) is 24.4. The summed E-state index contributed by atoms with van der Waals surface area (Å²) in [6, 6.07) is 32.6. The van der Waals surface area contributed by atoms with Crippen LogP contribution in [0.25, 0.3) is 0 Å². The predicted molar refractivity (Wildman–Crippen MR) is 178 cm³/mol. The van der Waals surface area contributed by atoms with Crippen molar-refractivity contribution in [1.82, 2.24) is 0 Å². The van der Waals surface area contributed by atoms with E-state index in [2.05, 4.69) is 0 Å². The van der Waals surface area contributed by atoms with Crippen LogP contribution in [-0.4, -0.2) is 74.1 Å². The van der Waals surface area contributed by atoms with Crippen LogP contribution >= 0.6 is 0 Å². The van der Waals surface area contributed by atoms with Gasteiger partial charge in [-0.3, -0.25) is 0 Å². The van der Waals surface area contributed by atoms with Crippen LogP contribution in [0, 0.1) is 0 Å². The topological polar surface area (TPSA) is 141 Å². The third kappa shape index (κ3) is 9.71. The molecule has 0 radical (unpaired) electrons. The number of esters is 4. The van der Waals surface area contributed by atoms with Crippen LogP contribution in [-0.2, 0) is 33.2 Å². The van der Waals surface area contributed by atoms with Gasteiger partial charge in [-0.2, -0.15) is 0 Å². The first kappa shape index (κ1) is 35.7. The van der Waals surface area contributed by atoms with E-state index in [-0.39, 0.29) is 28.9 Å². The summed E-state index contributed by atoms with van der Waals surface area (Å²) in [5.41, 5.74) is 0.832. The molecule has 0 bridgehead atoms. The third-order valence-corrected chi connectivity index (χ3v) is 7.74. The quantitative estimate of drug-likeness (QED) is 0.0668. The van der Waals surface area contributed by atoms with Crippen molar-refractivity contribution in [1.29, 1.82) is 0 Å². The highest BCUT2D eigenvalue weighted by molar-refractivity contribution is 5.91. The molecule has 0 spiro atoms. The number of carbonyl (C=O) groups is 5. The van der Waals surface area contributed by atoms with Gasteiger partial charge in [-0.05, 0) is 61.4 Å². The lowest BCUT2D eigenvalue weighted by Gasteiger charge is -2.44. The molecule has 5 rings (SSSR count). The zero-order valence-electron chi connectivity index (χ0n) is 27.0. The van der Waals surface area contributed by atoms with E-state index in [4.69, 9.17) is 28.4 Å². The fourth-order valence-electron chi connectivity index (χ4n) is 5.19. The molecular weight excluding hydrogens is 644 g/mol. The van der Waals surface area contributed by atoms with Gasteiger partial charge in [0, 0.05) is 13.0 Å². The van der Waals surface area contributed by atoms with Gasteiger partial charge in [-0.1, -0.05) is 72.8 Å². The fraction of sp³-hybridized carbons (Fsp3) is 0.256. The number of hydrogen-bond donors (Lipinski definition) is 0. The molecule has 1 fully saturated rings. The Morgan fingerprint density at radius 3 is 1.42 bits per heavy atom. The number of rotatable bonds is 15. The molecule has 11 heteroatoms. The number of carbonyl (C=O) groups excluding carboxylic acids is 5. The second-order valence-corrected chi connectivity index (χ2v) is 11.2. The number of ether oxygens (including phenoxy) is 6. The van der Waals surface area contributed by atoms with E-state index in [0.717, 1.165) is 6.29 Å². The van der Waals surface area contributed by atoms with Crippen molar-refractivity contribution in [2.75, 3.05) is 13.2 Å². The Morgan fingerprint density at radius 1 is 0.540 bits per heavy atom. The molecule has 0 aromatic heterocycles. The SMILES string of the molecule is O=CCCCCO[C@H]1OC(COC(=O)c2ccccc2)[C@@H](OC(=O)c2ccccc2)C(OC(=O)c2ccccc2)[C@H]1OC(=O)c1ccccc1. The summed E-state index contributed by atoms with van der Waals surface area (Å²) in [5.74, 6) is -3.05. The van der Waals surface area contributed by atoms with Gasteiger partial charge in [0.2, 0.25) is 0 Å². The highest BCUT2D eigenvalue weighted by Crippen LogP contribution is 2.32. The molecule has 5 atom stereocenters. The van der Waals surface area contributed by atoms with Crippen molar-refractivity contribution in [3.63, 3.8) is 0 Å². The van der Waals surface area contributed by atoms with E-state index < -0.39 is 61.2 Å². The van der Waals surface area contributed by atoms with E-state index in [1.807, 2.05) is 0 Å². The van der Waals surface area contributed by atoms with Crippen LogP contribution in [0.15, 0.2) is 121 Å². The molecule has 1 aliphatic rings. The van der Waals surface area contributed by atoms with Gasteiger partial charge in [0.1, 0.15) is 19.0 Å². The first-order valence-electron chi connectivity index (χ1n) is 16.2. The van der Waals surface area contributed by atoms with Crippen LogP contribution in [0.4, 0.5) is 0 Å². The Bertz CT molecular complexity index is 1700. The van der Waals surface area contributed by atoms with Crippen molar-refractivity contribution in [3.05, 3.63) is 144 Å². The third-order valence-electron chi connectivity index (χ3n) is 7.74. The van der Waals surface area contributed by atoms with Crippen LogP contribution < -0.4 is 0 Å². The molecular formula is C39H36O11. The maximum Gasteiger partial charge on any atom is 0.338 e. The van der Waals surface area contributed by atoms with Crippen molar-refractivity contribution in [2.45, 2.75) is 50.0 Å². The molecule has 4 aromatic rings. The number of aldehydes is 1. The average Bonchev–Trinajstić information content (AvgIpc) is 3.17. The van der Waals surface area contributed by atoms with E-state index in [1.54, 1.807) is 109 Å². The van der Waals surface area contributed by atoms with Gasteiger partial charge >= 0.3 is 23.9 Å². The molecule has 1 heterocycles. The molecule has 0 N–H and O–H groups in total. The Labute approximate surface area is 289 Å². The standard InChI is InChI=1S/C39H36O11/c40-24-14-5-15-25-45-39-34(50-38(44)30-22-12-4-13-23-30)33(49-37(43)29-20-10-3-11-21-29)32(48-36(42)28-18-8-2-9-19-28)31(47-39)26-46-35(41)27-16-6-1-7-17-27/h1-4,6-13,16-24,31-34,39H,5,14-15,25-26H2/t31?,32-,33?,34-,39+/m1/s1. The van der Waals surface area contributed by atoms with Gasteiger partial charge in [-0.25, -0.2) is 19.2 Å². The Balaban J connectivity index is 1.52. The van der Waals surface area contributed by atoms with Crippen LogP contribution in [0.5, 0.6) is 0 Å². The average molecular weight is 681 g/mol. The summed E-state index contributed by atoms with van der Waals surface area (Å²) in [6.07, 6.45) is -4.97. The normalized spacial score (nSPS) is 19.8. The Hall–Kier alpha value is -5.65. The zero-order valence-corrected chi connectivity index (χ0v) is 27.0. The molecule has 258 valence electrons. The summed E-state index contributed by atoms with van der Waals surface area (Å²) < 4.78 is 35.9. The van der Waals surface area contributed by atoms with Gasteiger partial charge in [0.15, 0.2) is 24.6 Å². The molecule has 2 unspecified atom stereocenters. The summed E-state index contributed by atoms with van der Waals surface area (Å²) in [7, 11) is 0. The second kappa shape index (κ2) is 18.2. The first-order valence-corrected chi connectivity index (χ1v) is 16.2. The fourth-order valence-corrected chi connectivity index (χ4v) is 5.19. The lowest BCUT2D eigenvalue weighted by Crippen LogP contribution is -2.63. The highest BCUT2D eigenvalue weighted by Gasteiger charge is 2.53. The lowest BCUT2D eigenvalue weighted by atomic mass is 9.97. The van der Waals surface area contributed by atoms with Gasteiger partial charge in [0.05, 0.1) is 22.3 Å². The van der Waals surface area contributed by atoms with Crippen molar-refractivity contribution >= 4 is 30.2 Å². The second-order valence-electron chi connectivity index (χ2n) is 11.2. The van der Waals surface area contributed by atoms with Gasteiger partial charge in [0.25, 0.3) is 0 Å². The molecule has 4 aromatic carbocycles. The van der Waals surface area contributed by atoms with E-state index in [0.29, 0.717) is 19.3 Å². The molecule has 0 amide bonds. The molecule has 11 nitrogen and oxygen atoms in total. The summed E-state index contributed by atoms with van der Waals surface area (Å²) in [4.78, 5) is 64.5. The van der Waals surface area contributed by atoms with Crippen molar-refractivity contribution in [2.24, 2.45) is 0 Å². The molecule has 1 aliphatic heterocycles. The number of hydrogen-bond acceptors (Lipinski definition) is 11.